The number of nitrogens with two attached hydrogens (primary N) is 1. The van der Waals surface area contributed by atoms with E-state index in [1.807, 2.05) is 6.92 Å². The Kier molecular flexibility index (Phi) is 5.73. The maximum Gasteiger partial charge on any atom is 0.255 e. The van der Waals surface area contributed by atoms with Crippen molar-refractivity contribution in [1.29, 1.82) is 0 Å². The lowest BCUT2D eigenvalue weighted by atomic mass is 9.54. The van der Waals surface area contributed by atoms with Gasteiger partial charge in [-0.1, -0.05) is 19.1 Å². The molecule has 0 saturated heterocycles. The molecule has 4 rings (SSSR count). The van der Waals surface area contributed by atoms with Gasteiger partial charge in [0, 0.05) is 17.4 Å². The number of hydrogen-bond donors (Lipinski definition) is 6. The molecule has 0 spiro atoms. The van der Waals surface area contributed by atoms with Crippen molar-refractivity contribution in [1.82, 2.24) is 4.90 Å². The zero-order valence-corrected chi connectivity index (χ0v) is 17.9. The molecule has 1 unspecified atom stereocenters. The van der Waals surface area contributed by atoms with Gasteiger partial charge in [-0.3, -0.25) is 14.5 Å². The molecular formula is C22H28N2O8. The van der Waals surface area contributed by atoms with Crippen LogP contribution < -0.4 is 5.73 Å². The lowest BCUT2D eigenvalue weighted by molar-refractivity contribution is -0.186. The number of fused-ring (bicyclic) bond motifs is 3. The molecule has 1 saturated carbocycles. The topological polar surface area (TPSA) is 196 Å². The largest absolute Gasteiger partial charge is 0.508 e. The highest BCUT2D eigenvalue weighted by Crippen LogP contribution is 2.55. The minimum Gasteiger partial charge on any atom is -0.508 e. The molecule has 0 aromatic heterocycles. The first-order chi connectivity index (χ1) is 14.4. The van der Waals surface area contributed by atoms with Gasteiger partial charge in [-0.05, 0) is 43.3 Å². The number of hydrogen-bond acceptors (Lipinski definition) is 8. The summed E-state index contributed by atoms with van der Waals surface area (Å²) in [5.41, 5.74) is 3.35. The maximum absolute atomic E-state index is 13.0. The van der Waals surface area contributed by atoms with Gasteiger partial charge in [0.2, 0.25) is 0 Å². The molecule has 1 aromatic carbocycles. The molecule has 174 valence electrons. The quantitative estimate of drug-likeness (QED) is 0.296. The van der Waals surface area contributed by atoms with Gasteiger partial charge in [0.1, 0.15) is 23.2 Å². The molecule has 1 fully saturated rings. The van der Waals surface area contributed by atoms with Gasteiger partial charge in [-0.15, -0.1) is 0 Å². The summed E-state index contributed by atoms with van der Waals surface area (Å²) in [6.07, 6.45) is -1.64. The molecule has 1 amide bonds. The van der Waals surface area contributed by atoms with E-state index in [4.69, 9.17) is 5.73 Å². The number of benzene rings is 1. The number of aliphatic hydroxyl groups excluding tert-OH is 3. The van der Waals surface area contributed by atoms with Crippen LogP contribution in [0.15, 0.2) is 35.1 Å². The van der Waals surface area contributed by atoms with Crippen LogP contribution in [0.1, 0.15) is 24.0 Å². The fourth-order valence-electron chi connectivity index (χ4n) is 5.68. The molecule has 0 heterocycles. The van der Waals surface area contributed by atoms with Crippen LogP contribution in [0.4, 0.5) is 0 Å². The molecule has 0 aliphatic heterocycles. The summed E-state index contributed by atoms with van der Waals surface area (Å²) in [4.78, 5) is 26.4. The highest BCUT2D eigenvalue weighted by atomic mass is 16.4. The molecule has 3 aliphatic rings. The molecule has 7 atom stereocenters. The van der Waals surface area contributed by atoms with Crippen LogP contribution >= 0.6 is 0 Å². The van der Waals surface area contributed by atoms with Crippen molar-refractivity contribution in [3.8, 4) is 5.75 Å². The van der Waals surface area contributed by atoms with E-state index in [1.54, 1.807) is 12.1 Å². The highest BCUT2D eigenvalue weighted by Gasteiger charge is 2.67. The molecule has 32 heavy (non-hydrogen) atoms. The number of primary amides is 1. The van der Waals surface area contributed by atoms with Crippen LogP contribution in [-0.4, -0.2) is 85.5 Å². The van der Waals surface area contributed by atoms with Gasteiger partial charge in [-0.2, -0.15) is 0 Å². The highest BCUT2D eigenvalue weighted by molar-refractivity contribution is 6.22. The standard InChI is InChI=1S/C22H26N2O7.H2O/c1-8-9-5-4-6-12(25)10(9)7-11-13(8)17(26)15-16(24(2)3)18(27)14(21(23)30)20(29)22(15,31)19(11)28;/h4-8,13,15-17,19,25-26,28-29,31H,1-3H3,(H2,23,30);1H2/t8-,13+,15+,16-,17-,19?,22-;/m0./s1. The van der Waals surface area contributed by atoms with E-state index in [2.05, 4.69) is 0 Å². The van der Waals surface area contributed by atoms with Gasteiger partial charge in [-0.25, -0.2) is 0 Å². The first kappa shape index (κ1) is 23.9. The smallest absolute Gasteiger partial charge is 0.255 e. The summed E-state index contributed by atoms with van der Waals surface area (Å²) in [5, 5.41) is 55.4. The summed E-state index contributed by atoms with van der Waals surface area (Å²) in [6.45, 7) is 1.82. The summed E-state index contributed by atoms with van der Waals surface area (Å²) in [5.74, 6) is -5.56. The average Bonchev–Trinajstić information content (AvgIpc) is 2.68. The van der Waals surface area contributed by atoms with E-state index in [0.29, 0.717) is 5.56 Å². The van der Waals surface area contributed by atoms with Crippen molar-refractivity contribution in [2.75, 3.05) is 14.1 Å². The van der Waals surface area contributed by atoms with Gasteiger partial charge in [0.25, 0.3) is 5.91 Å². The van der Waals surface area contributed by atoms with Crippen LogP contribution in [-0.2, 0) is 9.59 Å². The normalized spacial score (nSPS) is 36.0. The molecule has 10 heteroatoms. The van der Waals surface area contributed by atoms with Crippen LogP contribution in [0.25, 0.3) is 6.08 Å². The SMILES string of the molecule is C[C@H]1c2cccc(O)c2C=C2C(O)[C@]3(O)C(O)=C(C(N)=O)C(=O)[C@@H](N(C)C)[C@@H]3[C@@H](O)[C@@H]21.O. The Bertz CT molecular complexity index is 1050. The van der Waals surface area contributed by atoms with Crippen LogP contribution in [0.3, 0.4) is 0 Å². The number of phenols is 1. The number of carbonyl (C=O) groups is 2. The predicted octanol–water partition coefficient (Wildman–Crippen LogP) is -1.42. The van der Waals surface area contributed by atoms with Crippen LogP contribution in [0.2, 0.25) is 0 Å². The second-order valence-corrected chi connectivity index (χ2v) is 8.84. The number of carbonyl (C=O) groups excluding carboxylic acids is 2. The summed E-state index contributed by atoms with van der Waals surface area (Å²) < 4.78 is 0. The van der Waals surface area contributed by atoms with Gasteiger partial charge in [0.05, 0.1) is 12.1 Å². The first-order valence-electron chi connectivity index (χ1n) is 10.0. The second kappa shape index (κ2) is 7.68. The number of likely N-dealkylation sites (N-methyl/N-ethyl adjacent to an activating group) is 1. The maximum atomic E-state index is 13.0. The number of aliphatic hydroxyl groups is 4. The second-order valence-electron chi connectivity index (χ2n) is 8.84. The number of phenolic OH excluding ortho intramolecular Hbond substituents is 1. The summed E-state index contributed by atoms with van der Waals surface area (Å²) in [6, 6.07) is 3.74. The Morgan fingerprint density at radius 2 is 1.81 bits per heavy atom. The number of nitrogens with zero attached hydrogens (tertiary/aromatic N) is 1. The van der Waals surface area contributed by atoms with E-state index in [-0.39, 0.29) is 22.7 Å². The predicted molar refractivity (Wildman–Crippen MR) is 113 cm³/mol. The molecule has 9 N–H and O–H groups in total. The van der Waals surface area contributed by atoms with E-state index >= 15 is 0 Å². The lowest BCUT2D eigenvalue weighted by Crippen LogP contribution is -2.71. The first-order valence-corrected chi connectivity index (χ1v) is 10.0. The fourth-order valence-corrected chi connectivity index (χ4v) is 5.68. The van der Waals surface area contributed by atoms with Crippen molar-refractivity contribution >= 4 is 17.8 Å². The van der Waals surface area contributed by atoms with Crippen molar-refractivity contribution in [3.63, 3.8) is 0 Å². The third-order valence-corrected chi connectivity index (χ3v) is 7.09. The third-order valence-electron chi connectivity index (χ3n) is 7.09. The Balaban J connectivity index is 0.00000289. The summed E-state index contributed by atoms with van der Waals surface area (Å²) in [7, 11) is 3.07. The van der Waals surface area contributed by atoms with Gasteiger partial charge in [0.15, 0.2) is 11.4 Å². The molecule has 0 bridgehead atoms. The molecule has 10 nitrogen and oxygen atoms in total. The Hall–Kier alpha value is -2.76. The zero-order valence-electron chi connectivity index (χ0n) is 17.9. The van der Waals surface area contributed by atoms with Crippen LogP contribution in [0, 0.1) is 11.8 Å². The molecule has 3 aliphatic carbocycles. The van der Waals surface area contributed by atoms with E-state index in [9.17, 15) is 35.1 Å². The van der Waals surface area contributed by atoms with Crippen molar-refractivity contribution in [3.05, 3.63) is 46.2 Å². The van der Waals surface area contributed by atoms with Crippen molar-refractivity contribution in [2.24, 2.45) is 17.6 Å². The number of aromatic hydroxyl groups is 1. The van der Waals surface area contributed by atoms with Gasteiger partial charge >= 0.3 is 0 Å². The number of rotatable bonds is 2. The van der Waals surface area contributed by atoms with E-state index in [1.165, 1.54) is 31.1 Å². The Labute approximate surface area is 184 Å². The van der Waals surface area contributed by atoms with Gasteiger partial charge < -0.3 is 36.7 Å². The van der Waals surface area contributed by atoms with Crippen molar-refractivity contribution in [2.45, 2.75) is 36.7 Å². The minimum atomic E-state index is -2.53. The van der Waals surface area contributed by atoms with E-state index in [0.717, 1.165) is 5.56 Å². The van der Waals surface area contributed by atoms with Crippen molar-refractivity contribution < 1.29 is 40.6 Å². The monoisotopic (exact) mass is 448 g/mol. The third kappa shape index (κ3) is 2.84. The Morgan fingerprint density at radius 3 is 2.38 bits per heavy atom. The Morgan fingerprint density at radius 1 is 1.19 bits per heavy atom. The van der Waals surface area contributed by atoms with Crippen LogP contribution in [0.5, 0.6) is 5.75 Å². The summed E-state index contributed by atoms with van der Waals surface area (Å²) >= 11 is 0. The number of ketones is 1. The molecule has 1 aromatic rings. The van der Waals surface area contributed by atoms with E-state index < -0.39 is 58.7 Å². The fraction of sp³-hybridized carbons (Fsp3) is 0.455. The molecule has 0 radical (unpaired) electrons. The number of amides is 1. The molecular weight excluding hydrogens is 420 g/mol. The minimum absolute atomic E-state index is 0. The zero-order chi connectivity index (χ0) is 23.0. The number of Topliss-reactive ketones (excluding diaryl/α,β-unsaturated/α-hetero) is 1. The average molecular weight is 448 g/mol. The lowest BCUT2D eigenvalue weighted by Gasteiger charge is -2.56.